The predicted molar refractivity (Wildman–Crippen MR) is 121 cm³/mol. The maximum atomic E-state index is 12.7. The van der Waals surface area contributed by atoms with E-state index in [1.54, 1.807) is 32.2 Å². The second kappa shape index (κ2) is 9.26. The van der Waals surface area contributed by atoms with Gasteiger partial charge in [0, 0.05) is 41.2 Å². The summed E-state index contributed by atoms with van der Waals surface area (Å²) in [5.74, 6) is -0.419. The SMILES string of the molecule is CC(C)N(C)S(=O)(=O)c1cccc(C(=O)Nc2ncc(Cc3ccccc3Cl)s2)c1. The van der Waals surface area contributed by atoms with Gasteiger partial charge in [-0.3, -0.25) is 10.1 Å². The third-order valence-corrected chi connectivity index (χ3v) is 7.91. The molecule has 0 bridgehead atoms. The van der Waals surface area contributed by atoms with E-state index in [1.165, 1.54) is 34.8 Å². The van der Waals surface area contributed by atoms with Crippen LogP contribution in [0.4, 0.5) is 5.13 Å². The number of hydrogen-bond donors (Lipinski definition) is 1. The highest BCUT2D eigenvalue weighted by molar-refractivity contribution is 7.89. The molecule has 30 heavy (non-hydrogen) atoms. The van der Waals surface area contributed by atoms with Crippen LogP contribution in [0, 0.1) is 0 Å². The summed E-state index contributed by atoms with van der Waals surface area (Å²) in [4.78, 5) is 17.9. The molecule has 0 unspecified atom stereocenters. The van der Waals surface area contributed by atoms with Crippen molar-refractivity contribution in [2.45, 2.75) is 31.2 Å². The van der Waals surface area contributed by atoms with E-state index in [4.69, 9.17) is 11.6 Å². The van der Waals surface area contributed by atoms with Crippen LogP contribution in [0.1, 0.15) is 34.6 Å². The van der Waals surface area contributed by atoms with E-state index in [0.717, 1.165) is 10.4 Å². The molecule has 0 aliphatic carbocycles. The number of thiazole rings is 1. The number of amides is 1. The molecule has 6 nitrogen and oxygen atoms in total. The Labute approximate surface area is 185 Å². The Morgan fingerprint density at radius 1 is 1.20 bits per heavy atom. The van der Waals surface area contributed by atoms with Crippen LogP contribution in [-0.4, -0.2) is 36.7 Å². The molecule has 158 valence electrons. The average Bonchev–Trinajstić information content (AvgIpc) is 3.16. The van der Waals surface area contributed by atoms with Crippen molar-refractivity contribution in [2.75, 3.05) is 12.4 Å². The standard InChI is InChI=1S/C21H22ClN3O3S2/c1-14(2)25(3)30(27,28)18-9-6-8-16(12-18)20(26)24-21-23-13-17(29-21)11-15-7-4-5-10-19(15)22/h4-10,12-14H,11H2,1-3H3,(H,23,24,26). The van der Waals surface area contributed by atoms with Crippen molar-refractivity contribution < 1.29 is 13.2 Å². The van der Waals surface area contributed by atoms with Crippen LogP contribution >= 0.6 is 22.9 Å². The van der Waals surface area contributed by atoms with Crippen LogP contribution in [0.5, 0.6) is 0 Å². The highest BCUT2D eigenvalue weighted by atomic mass is 35.5. The Morgan fingerprint density at radius 3 is 2.63 bits per heavy atom. The topological polar surface area (TPSA) is 79.4 Å². The minimum atomic E-state index is -3.67. The predicted octanol–water partition coefficient (Wildman–Crippen LogP) is 4.67. The molecule has 1 heterocycles. The molecule has 0 fully saturated rings. The van der Waals surface area contributed by atoms with Gasteiger partial charge in [0.25, 0.3) is 5.91 Å². The summed E-state index contributed by atoms with van der Waals surface area (Å²) < 4.78 is 26.6. The van der Waals surface area contributed by atoms with Gasteiger partial charge in [-0.25, -0.2) is 13.4 Å². The third-order valence-electron chi connectivity index (χ3n) is 4.60. The van der Waals surface area contributed by atoms with E-state index in [9.17, 15) is 13.2 Å². The van der Waals surface area contributed by atoms with Gasteiger partial charge < -0.3 is 0 Å². The number of carbonyl (C=O) groups excluding carboxylic acids is 1. The lowest BCUT2D eigenvalue weighted by Gasteiger charge is -2.21. The molecule has 1 N–H and O–H groups in total. The van der Waals surface area contributed by atoms with E-state index in [0.29, 0.717) is 16.6 Å². The molecule has 3 rings (SSSR count). The number of nitrogens with one attached hydrogen (secondary N) is 1. The molecule has 0 saturated heterocycles. The minimum absolute atomic E-state index is 0.0740. The molecule has 0 atom stereocenters. The van der Waals surface area contributed by atoms with Gasteiger partial charge in [0.1, 0.15) is 0 Å². The van der Waals surface area contributed by atoms with Gasteiger partial charge in [-0.2, -0.15) is 4.31 Å². The van der Waals surface area contributed by atoms with Crippen LogP contribution in [0.15, 0.2) is 59.6 Å². The van der Waals surface area contributed by atoms with Crippen LogP contribution in [0.3, 0.4) is 0 Å². The molecule has 0 saturated carbocycles. The van der Waals surface area contributed by atoms with E-state index < -0.39 is 15.9 Å². The number of aromatic nitrogens is 1. The van der Waals surface area contributed by atoms with Crippen molar-refractivity contribution in [1.29, 1.82) is 0 Å². The smallest absolute Gasteiger partial charge is 0.257 e. The van der Waals surface area contributed by atoms with Gasteiger partial charge in [0.2, 0.25) is 10.0 Å². The first kappa shape index (κ1) is 22.4. The number of carbonyl (C=O) groups is 1. The minimum Gasteiger partial charge on any atom is -0.298 e. The van der Waals surface area contributed by atoms with Crippen LogP contribution < -0.4 is 5.32 Å². The van der Waals surface area contributed by atoms with Crippen molar-refractivity contribution in [2.24, 2.45) is 0 Å². The Kier molecular flexibility index (Phi) is 6.92. The highest BCUT2D eigenvalue weighted by Crippen LogP contribution is 2.25. The molecular formula is C21H22ClN3O3S2. The van der Waals surface area contributed by atoms with Crippen molar-refractivity contribution in [3.8, 4) is 0 Å². The second-order valence-corrected chi connectivity index (χ2v) is 10.5. The zero-order chi connectivity index (χ0) is 21.9. The van der Waals surface area contributed by atoms with E-state index in [-0.39, 0.29) is 16.5 Å². The lowest BCUT2D eigenvalue weighted by Crippen LogP contribution is -2.33. The Balaban J connectivity index is 1.74. The van der Waals surface area contributed by atoms with Gasteiger partial charge in [-0.05, 0) is 43.7 Å². The summed E-state index contributed by atoms with van der Waals surface area (Å²) in [6, 6.07) is 13.4. The maximum absolute atomic E-state index is 12.7. The molecule has 1 amide bonds. The quantitative estimate of drug-likeness (QED) is 0.552. The van der Waals surface area contributed by atoms with Crippen molar-refractivity contribution in [3.05, 3.63) is 75.8 Å². The van der Waals surface area contributed by atoms with E-state index in [1.807, 2.05) is 24.3 Å². The van der Waals surface area contributed by atoms with Crippen molar-refractivity contribution >= 4 is 44.0 Å². The number of nitrogens with zero attached hydrogens (tertiary/aromatic N) is 2. The lowest BCUT2D eigenvalue weighted by atomic mass is 10.1. The van der Waals surface area contributed by atoms with E-state index in [2.05, 4.69) is 10.3 Å². The summed E-state index contributed by atoms with van der Waals surface area (Å²) in [5.41, 5.74) is 1.23. The Hall–Kier alpha value is -2.26. The number of halogens is 1. The first-order valence-electron chi connectivity index (χ1n) is 9.26. The largest absolute Gasteiger partial charge is 0.298 e. The van der Waals surface area contributed by atoms with E-state index >= 15 is 0 Å². The summed E-state index contributed by atoms with van der Waals surface area (Å²) in [6.07, 6.45) is 2.31. The highest BCUT2D eigenvalue weighted by Gasteiger charge is 2.24. The third kappa shape index (κ3) is 5.07. The lowest BCUT2D eigenvalue weighted by molar-refractivity contribution is 0.102. The second-order valence-electron chi connectivity index (χ2n) is 7.00. The normalized spacial score (nSPS) is 11.8. The fourth-order valence-corrected chi connectivity index (χ4v) is 5.13. The van der Waals surface area contributed by atoms with Crippen LogP contribution in [-0.2, 0) is 16.4 Å². The number of anilines is 1. The molecule has 2 aromatic carbocycles. The first-order valence-corrected chi connectivity index (χ1v) is 11.9. The fourth-order valence-electron chi connectivity index (χ4n) is 2.69. The number of rotatable bonds is 7. The zero-order valence-corrected chi connectivity index (χ0v) is 19.2. The summed E-state index contributed by atoms with van der Waals surface area (Å²) in [7, 11) is -2.16. The zero-order valence-electron chi connectivity index (χ0n) is 16.8. The number of benzene rings is 2. The first-order chi connectivity index (χ1) is 14.2. The molecule has 0 aliphatic heterocycles. The molecule has 0 spiro atoms. The maximum Gasteiger partial charge on any atom is 0.257 e. The summed E-state index contributed by atoms with van der Waals surface area (Å²) in [6.45, 7) is 3.58. The molecule has 1 aromatic heterocycles. The number of sulfonamides is 1. The molecule has 0 radical (unpaired) electrons. The average molecular weight is 464 g/mol. The van der Waals surface area contributed by atoms with Gasteiger partial charge in [-0.15, -0.1) is 11.3 Å². The van der Waals surface area contributed by atoms with Gasteiger partial charge in [-0.1, -0.05) is 35.9 Å². The summed E-state index contributed by atoms with van der Waals surface area (Å²) >= 11 is 7.55. The Morgan fingerprint density at radius 2 is 1.93 bits per heavy atom. The van der Waals surface area contributed by atoms with Gasteiger partial charge >= 0.3 is 0 Å². The van der Waals surface area contributed by atoms with Crippen molar-refractivity contribution in [3.63, 3.8) is 0 Å². The van der Waals surface area contributed by atoms with Gasteiger partial charge in [0.15, 0.2) is 5.13 Å². The monoisotopic (exact) mass is 463 g/mol. The fraction of sp³-hybridized carbons (Fsp3) is 0.238. The summed E-state index contributed by atoms with van der Waals surface area (Å²) in [5, 5.41) is 3.86. The Bertz CT molecular complexity index is 1160. The molecular weight excluding hydrogens is 442 g/mol. The van der Waals surface area contributed by atoms with Gasteiger partial charge in [0.05, 0.1) is 4.90 Å². The van der Waals surface area contributed by atoms with Crippen molar-refractivity contribution in [1.82, 2.24) is 9.29 Å². The number of hydrogen-bond acceptors (Lipinski definition) is 5. The molecule has 3 aromatic rings. The van der Waals surface area contributed by atoms with Crippen LogP contribution in [0.2, 0.25) is 5.02 Å². The molecule has 9 heteroatoms. The molecule has 0 aliphatic rings. The van der Waals surface area contributed by atoms with Crippen LogP contribution in [0.25, 0.3) is 0 Å².